The quantitative estimate of drug-likeness (QED) is 0.162. The molecular formula is C19H42O7Si3. The van der Waals surface area contributed by atoms with Gasteiger partial charge in [-0.15, -0.1) is 0 Å². The standard InChI is InChI=1S/C19H42O7Si3/c1-15(2)18(21)24-13-17(23-12-16(3)22-11-10-20)14-27-19(25-28(4,5)6)26-29(7,8)9/h16-17,19-20H,1,10-14,27H2,2-9H3. The van der Waals surface area contributed by atoms with Crippen molar-refractivity contribution < 1.29 is 33.0 Å². The van der Waals surface area contributed by atoms with Gasteiger partial charge in [-0.2, -0.15) is 0 Å². The molecule has 1 N–H and O–H groups in total. The largest absolute Gasteiger partial charge is 0.460 e. The lowest BCUT2D eigenvalue weighted by atomic mass is 10.3. The van der Waals surface area contributed by atoms with Gasteiger partial charge in [-0.25, -0.2) is 4.79 Å². The van der Waals surface area contributed by atoms with Crippen LogP contribution in [0.15, 0.2) is 12.2 Å². The highest BCUT2D eigenvalue weighted by atomic mass is 28.4. The number of rotatable bonds is 16. The predicted octanol–water partition coefficient (Wildman–Crippen LogP) is 2.46. The number of ether oxygens (including phenoxy) is 3. The molecule has 0 aliphatic carbocycles. The molecule has 0 aromatic rings. The molecule has 0 aromatic heterocycles. The van der Waals surface area contributed by atoms with Crippen LogP contribution in [-0.4, -0.2) is 81.8 Å². The molecule has 0 bridgehead atoms. The third kappa shape index (κ3) is 17.1. The third-order valence-electron chi connectivity index (χ3n) is 3.50. The summed E-state index contributed by atoms with van der Waals surface area (Å²) in [6.07, 6.45) is -0.404. The zero-order chi connectivity index (χ0) is 22.7. The SMILES string of the molecule is C=C(C)C(=O)OCC(C[SiH2]C(O[Si](C)(C)C)O[Si](C)(C)C)OCC(C)OCCO. The Morgan fingerprint density at radius 1 is 1.03 bits per heavy atom. The minimum atomic E-state index is -1.74. The van der Waals surface area contributed by atoms with Crippen LogP contribution in [-0.2, 0) is 27.9 Å². The molecule has 2 atom stereocenters. The van der Waals surface area contributed by atoms with Crippen molar-refractivity contribution >= 4 is 32.1 Å². The molecular weight excluding hydrogens is 424 g/mol. The molecule has 10 heteroatoms. The van der Waals surface area contributed by atoms with Crippen molar-refractivity contribution in [3.8, 4) is 0 Å². The molecule has 0 aromatic carbocycles. The van der Waals surface area contributed by atoms with Gasteiger partial charge in [0, 0.05) is 5.57 Å². The first-order valence-corrected chi connectivity index (χ1v) is 18.9. The average molecular weight is 467 g/mol. The molecule has 172 valence electrons. The van der Waals surface area contributed by atoms with Crippen LogP contribution < -0.4 is 0 Å². The number of carbonyl (C=O) groups excluding carboxylic acids is 1. The van der Waals surface area contributed by atoms with E-state index in [1.54, 1.807) is 6.92 Å². The smallest absolute Gasteiger partial charge is 0.333 e. The number of esters is 1. The minimum Gasteiger partial charge on any atom is -0.460 e. The first-order valence-electron chi connectivity index (χ1n) is 10.3. The molecule has 0 amide bonds. The Bertz CT molecular complexity index is 473. The van der Waals surface area contributed by atoms with Gasteiger partial charge in [0.05, 0.1) is 41.5 Å². The van der Waals surface area contributed by atoms with E-state index in [1.165, 1.54) is 0 Å². The van der Waals surface area contributed by atoms with Gasteiger partial charge in [0.1, 0.15) is 12.5 Å². The highest BCUT2D eigenvalue weighted by Crippen LogP contribution is 2.16. The van der Waals surface area contributed by atoms with Crippen LogP contribution in [0.2, 0.25) is 45.3 Å². The van der Waals surface area contributed by atoms with Crippen LogP contribution in [0, 0.1) is 0 Å². The average Bonchev–Trinajstić information content (AvgIpc) is 2.55. The summed E-state index contributed by atoms with van der Waals surface area (Å²) in [5.41, 5.74) is 0.364. The van der Waals surface area contributed by atoms with Gasteiger partial charge in [0.2, 0.25) is 0 Å². The summed E-state index contributed by atoms with van der Waals surface area (Å²) in [6.45, 7) is 20.8. The summed E-state index contributed by atoms with van der Waals surface area (Å²) in [5, 5.41) is 8.87. The summed E-state index contributed by atoms with van der Waals surface area (Å²) in [7, 11) is -4.29. The van der Waals surface area contributed by atoms with Crippen LogP contribution in [0.5, 0.6) is 0 Å². The lowest BCUT2D eigenvalue weighted by molar-refractivity contribution is -0.143. The number of aliphatic hydroxyl groups excluding tert-OH is 1. The Balaban J connectivity index is 4.92. The first kappa shape index (κ1) is 28.7. The van der Waals surface area contributed by atoms with E-state index < -0.39 is 32.1 Å². The Labute approximate surface area is 181 Å². The van der Waals surface area contributed by atoms with E-state index in [2.05, 4.69) is 45.9 Å². The minimum absolute atomic E-state index is 0.0271. The highest BCUT2D eigenvalue weighted by molar-refractivity contribution is 6.71. The molecule has 2 unspecified atom stereocenters. The molecule has 29 heavy (non-hydrogen) atoms. The summed E-state index contributed by atoms with van der Waals surface area (Å²) < 4.78 is 29.3. The lowest BCUT2D eigenvalue weighted by Crippen LogP contribution is -2.44. The zero-order valence-corrected chi connectivity index (χ0v) is 23.0. The fourth-order valence-corrected chi connectivity index (χ4v) is 9.02. The zero-order valence-electron chi connectivity index (χ0n) is 19.6. The molecule has 0 saturated heterocycles. The lowest BCUT2D eigenvalue weighted by Gasteiger charge is -2.32. The summed E-state index contributed by atoms with van der Waals surface area (Å²) >= 11 is 0. The van der Waals surface area contributed by atoms with E-state index in [0.29, 0.717) is 12.2 Å². The van der Waals surface area contributed by atoms with Crippen LogP contribution in [0.4, 0.5) is 0 Å². The van der Waals surface area contributed by atoms with Gasteiger partial charge in [0.15, 0.2) is 16.6 Å². The van der Waals surface area contributed by atoms with Crippen molar-refractivity contribution in [1.82, 2.24) is 0 Å². The molecule has 7 nitrogen and oxygen atoms in total. The van der Waals surface area contributed by atoms with Crippen LogP contribution in [0.1, 0.15) is 13.8 Å². The molecule has 0 rings (SSSR count). The van der Waals surface area contributed by atoms with Gasteiger partial charge in [-0.05, 0) is 59.2 Å². The van der Waals surface area contributed by atoms with Gasteiger partial charge in [-0.3, -0.25) is 0 Å². The number of hydrogen-bond acceptors (Lipinski definition) is 7. The fourth-order valence-electron chi connectivity index (χ4n) is 2.33. The fraction of sp³-hybridized carbons (Fsp3) is 0.842. The summed E-state index contributed by atoms with van der Waals surface area (Å²) in [5.74, 6) is -0.572. The van der Waals surface area contributed by atoms with Crippen LogP contribution >= 0.6 is 0 Å². The van der Waals surface area contributed by atoms with Gasteiger partial charge >= 0.3 is 5.97 Å². The number of hydrogen-bond donors (Lipinski definition) is 1. The maximum absolute atomic E-state index is 11.8. The van der Waals surface area contributed by atoms with Crippen molar-refractivity contribution in [1.29, 1.82) is 0 Å². The van der Waals surface area contributed by atoms with E-state index in [-0.39, 0.29) is 37.9 Å². The Morgan fingerprint density at radius 2 is 1.59 bits per heavy atom. The van der Waals surface area contributed by atoms with Crippen LogP contribution in [0.3, 0.4) is 0 Å². The van der Waals surface area contributed by atoms with E-state index in [0.717, 1.165) is 6.04 Å². The summed E-state index contributed by atoms with van der Waals surface area (Å²) in [6, 6.07) is 0.760. The monoisotopic (exact) mass is 466 g/mol. The van der Waals surface area contributed by atoms with Crippen molar-refractivity contribution in [2.24, 2.45) is 0 Å². The van der Waals surface area contributed by atoms with E-state index in [1.807, 2.05) is 6.92 Å². The second-order valence-electron chi connectivity index (χ2n) is 9.21. The van der Waals surface area contributed by atoms with Gasteiger partial charge in [-0.1, -0.05) is 6.58 Å². The third-order valence-corrected chi connectivity index (χ3v) is 7.89. The van der Waals surface area contributed by atoms with Crippen molar-refractivity contribution in [2.45, 2.75) is 77.3 Å². The van der Waals surface area contributed by atoms with E-state index in [4.69, 9.17) is 28.2 Å². The Morgan fingerprint density at radius 3 is 2.03 bits per heavy atom. The molecule has 0 heterocycles. The van der Waals surface area contributed by atoms with Gasteiger partial charge < -0.3 is 28.2 Å². The normalized spacial score (nSPS) is 15.1. The van der Waals surface area contributed by atoms with Gasteiger partial charge in [0.25, 0.3) is 0 Å². The molecule has 0 fully saturated rings. The molecule has 0 spiro atoms. The Kier molecular flexibility index (Phi) is 13.7. The van der Waals surface area contributed by atoms with E-state index >= 15 is 0 Å². The molecule has 0 aliphatic rings. The second-order valence-corrected chi connectivity index (χ2v) is 19.9. The van der Waals surface area contributed by atoms with Crippen molar-refractivity contribution in [2.75, 3.05) is 26.4 Å². The highest BCUT2D eigenvalue weighted by Gasteiger charge is 2.28. The molecule has 0 aliphatic heterocycles. The number of carbonyl (C=O) groups is 1. The van der Waals surface area contributed by atoms with Crippen molar-refractivity contribution in [3.05, 3.63) is 12.2 Å². The second kappa shape index (κ2) is 13.9. The van der Waals surface area contributed by atoms with E-state index in [9.17, 15) is 4.79 Å². The first-order chi connectivity index (χ1) is 13.2. The summed E-state index contributed by atoms with van der Waals surface area (Å²) in [4.78, 5) is 11.8. The van der Waals surface area contributed by atoms with Crippen LogP contribution in [0.25, 0.3) is 0 Å². The maximum atomic E-state index is 11.8. The topological polar surface area (TPSA) is 83.5 Å². The maximum Gasteiger partial charge on any atom is 0.333 e. The molecule has 0 saturated carbocycles. The molecule has 0 radical (unpaired) electrons. The Hall–Kier alpha value is -0.339. The number of aliphatic hydroxyl groups is 1. The predicted molar refractivity (Wildman–Crippen MR) is 124 cm³/mol. The van der Waals surface area contributed by atoms with Crippen molar-refractivity contribution in [3.63, 3.8) is 0 Å².